The van der Waals surface area contributed by atoms with Crippen molar-refractivity contribution < 1.29 is 10.3 Å². The second kappa shape index (κ2) is 3.39. The van der Waals surface area contributed by atoms with Crippen LogP contribution >= 0.6 is 15.9 Å². The second-order valence-corrected chi connectivity index (χ2v) is 2.77. The number of hydrogen-bond donors (Lipinski definition) is 2. The van der Waals surface area contributed by atoms with E-state index in [1.54, 1.807) is 12.1 Å². The maximum atomic E-state index is 9.19. The summed E-state index contributed by atoms with van der Waals surface area (Å²) in [7, 11) is 0. The summed E-state index contributed by atoms with van der Waals surface area (Å²) in [6, 6.07) is 4.95. The van der Waals surface area contributed by atoms with Gasteiger partial charge in [-0.25, -0.2) is 0 Å². The van der Waals surface area contributed by atoms with Crippen molar-refractivity contribution in [2.45, 2.75) is 0 Å². The third-order valence-electron chi connectivity index (χ3n) is 1.22. The van der Waals surface area contributed by atoms with Crippen LogP contribution in [0.5, 0.6) is 5.75 Å². The molecule has 0 heterocycles. The summed E-state index contributed by atoms with van der Waals surface area (Å²) in [4.78, 5) is 0. The number of phenols is 1. The third-order valence-corrected chi connectivity index (χ3v) is 1.91. The Morgan fingerprint density at radius 3 is 2.73 bits per heavy atom. The predicted molar refractivity (Wildman–Crippen MR) is 45.2 cm³/mol. The molecule has 0 bridgehead atoms. The van der Waals surface area contributed by atoms with Crippen molar-refractivity contribution in [2.24, 2.45) is 5.16 Å². The SMILES string of the molecule is O/N=C/c1c(O)cccc1Br. The van der Waals surface area contributed by atoms with Crippen LogP contribution in [-0.4, -0.2) is 16.5 Å². The maximum absolute atomic E-state index is 9.19. The molecule has 3 nitrogen and oxygen atoms in total. The molecule has 0 saturated carbocycles. The molecule has 0 aliphatic carbocycles. The highest BCUT2D eigenvalue weighted by molar-refractivity contribution is 9.10. The Balaban J connectivity index is 3.20. The van der Waals surface area contributed by atoms with Crippen molar-refractivity contribution in [1.29, 1.82) is 0 Å². The summed E-state index contributed by atoms with van der Waals surface area (Å²) in [5.74, 6) is 0.0807. The molecule has 4 heteroatoms. The van der Waals surface area contributed by atoms with E-state index in [1.165, 1.54) is 12.3 Å². The zero-order valence-electron chi connectivity index (χ0n) is 5.53. The molecule has 0 fully saturated rings. The van der Waals surface area contributed by atoms with Crippen molar-refractivity contribution >= 4 is 22.1 Å². The Hall–Kier alpha value is -1.03. The monoisotopic (exact) mass is 215 g/mol. The highest BCUT2D eigenvalue weighted by Gasteiger charge is 2.01. The van der Waals surface area contributed by atoms with E-state index in [2.05, 4.69) is 21.1 Å². The second-order valence-electron chi connectivity index (χ2n) is 1.92. The van der Waals surface area contributed by atoms with Crippen LogP contribution in [0.2, 0.25) is 0 Å². The van der Waals surface area contributed by atoms with Gasteiger partial charge in [0.15, 0.2) is 0 Å². The Labute approximate surface area is 72.1 Å². The van der Waals surface area contributed by atoms with E-state index < -0.39 is 0 Å². The Bertz CT molecular complexity index is 266. The van der Waals surface area contributed by atoms with Crippen molar-refractivity contribution in [3.63, 3.8) is 0 Å². The molecule has 0 saturated heterocycles. The average molecular weight is 216 g/mol. The Morgan fingerprint density at radius 1 is 1.45 bits per heavy atom. The molecule has 58 valence electrons. The smallest absolute Gasteiger partial charge is 0.125 e. The van der Waals surface area contributed by atoms with Crippen LogP contribution in [0.4, 0.5) is 0 Å². The van der Waals surface area contributed by atoms with E-state index in [0.717, 1.165) is 0 Å². The van der Waals surface area contributed by atoms with Crippen LogP contribution in [0.1, 0.15) is 5.56 Å². The fourth-order valence-electron chi connectivity index (χ4n) is 0.711. The average Bonchev–Trinajstić information content (AvgIpc) is 1.97. The van der Waals surface area contributed by atoms with E-state index in [-0.39, 0.29) is 5.75 Å². The molecular weight excluding hydrogens is 210 g/mol. The molecule has 1 aromatic carbocycles. The molecule has 0 aliphatic heterocycles. The molecule has 0 radical (unpaired) electrons. The summed E-state index contributed by atoms with van der Waals surface area (Å²) >= 11 is 3.19. The predicted octanol–water partition coefficient (Wildman–Crippen LogP) is 1.96. The lowest BCUT2D eigenvalue weighted by atomic mass is 10.2. The first kappa shape index (κ1) is 8.07. The van der Waals surface area contributed by atoms with Crippen molar-refractivity contribution in [3.8, 4) is 5.75 Å². The highest BCUT2D eigenvalue weighted by atomic mass is 79.9. The highest BCUT2D eigenvalue weighted by Crippen LogP contribution is 2.23. The molecule has 0 amide bonds. The van der Waals surface area contributed by atoms with Gasteiger partial charge < -0.3 is 10.3 Å². The van der Waals surface area contributed by atoms with Gasteiger partial charge in [0.2, 0.25) is 0 Å². The van der Waals surface area contributed by atoms with Crippen LogP contribution in [0.15, 0.2) is 27.8 Å². The molecule has 0 atom stereocenters. The number of halogens is 1. The van der Waals surface area contributed by atoms with Crippen LogP contribution in [0, 0.1) is 0 Å². The van der Waals surface area contributed by atoms with Gasteiger partial charge in [0.25, 0.3) is 0 Å². The van der Waals surface area contributed by atoms with Crippen molar-refractivity contribution in [2.75, 3.05) is 0 Å². The summed E-state index contributed by atoms with van der Waals surface area (Å²) in [6.45, 7) is 0. The minimum atomic E-state index is 0.0807. The number of nitrogens with zero attached hydrogens (tertiary/aromatic N) is 1. The Kier molecular flexibility index (Phi) is 2.48. The van der Waals surface area contributed by atoms with Gasteiger partial charge in [0, 0.05) is 4.47 Å². The largest absolute Gasteiger partial charge is 0.507 e. The van der Waals surface area contributed by atoms with Gasteiger partial charge in [-0.3, -0.25) is 0 Å². The summed E-state index contributed by atoms with van der Waals surface area (Å²) in [6.07, 6.45) is 1.17. The van der Waals surface area contributed by atoms with Gasteiger partial charge in [0.1, 0.15) is 5.75 Å². The first-order valence-corrected chi connectivity index (χ1v) is 3.70. The first-order chi connectivity index (χ1) is 5.25. The lowest BCUT2D eigenvalue weighted by Gasteiger charge is -1.98. The number of aromatic hydroxyl groups is 1. The van der Waals surface area contributed by atoms with Crippen LogP contribution in [0.3, 0.4) is 0 Å². The minimum absolute atomic E-state index is 0.0807. The lowest BCUT2D eigenvalue weighted by molar-refractivity contribution is 0.321. The quantitative estimate of drug-likeness (QED) is 0.428. The Morgan fingerprint density at radius 2 is 2.18 bits per heavy atom. The van der Waals surface area contributed by atoms with Crippen molar-refractivity contribution in [3.05, 3.63) is 28.2 Å². The standard InChI is InChI=1S/C7H6BrNO2/c8-6-2-1-3-7(10)5(6)4-9-11/h1-4,10-11H/b9-4+. The summed E-state index contributed by atoms with van der Waals surface area (Å²) in [5.41, 5.74) is 0.468. The van der Waals surface area contributed by atoms with Crippen LogP contribution in [-0.2, 0) is 0 Å². The number of phenolic OH excluding ortho intramolecular Hbond substituents is 1. The number of rotatable bonds is 1. The van der Waals surface area contributed by atoms with E-state index in [0.29, 0.717) is 10.0 Å². The van der Waals surface area contributed by atoms with Gasteiger partial charge in [0.05, 0.1) is 11.8 Å². The molecule has 0 aromatic heterocycles. The van der Waals surface area contributed by atoms with Gasteiger partial charge in [-0.15, -0.1) is 0 Å². The summed E-state index contributed by atoms with van der Waals surface area (Å²) in [5, 5.41) is 20.2. The van der Waals surface area contributed by atoms with E-state index >= 15 is 0 Å². The van der Waals surface area contributed by atoms with Gasteiger partial charge >= 0.3 is 0 Å². The minimum Gasteiger partial charge on any atom is -0.507 e. The molecule has 0 unspecified atom stereocenters. The first-order valence-electron chi connectivity index (χ1n) is 2.90. The maximum Gasteiger partial charge on any atom is 0.125 e. The fourth-order valence-corrected chi connectivity index (χ4v) is 1.17. The molecule has 11 heavy (non-hydrogen) atoms. The third kappa shape index (κ3) is 1.71. The molecule has 0 aliphatic rings. The molecule has 2 N–H and O–H groups in total. The molecule has 1 aromatic rings. The van der Waals surface area contributed by atoms with E-state index in [9.17, 15) is 5.11 Å². The van der Waals surface area contributed by atoms with Gasteiger partial charge in [-0.1, -0.05) is 11.2 Å². The topological polar surface area (TPSA) is 52.8 Å². The molecule has 1 rings (SSSR count). The normalized spacial score (nSPS) is 10.6. The number of benzene rings is 1. The zero-order chi connectivity index (χ0) is 8.27. The number of oxime groups is 1. The van der Waals surface area contributed by atoms with Gasteiger partial charge in [-0.05, 0) is 28.1 Å². The van der Waals surface area contributed by atoms with Gasteiger partial charge in [-0.2, -0.15) is 0 Å². The van der Waals surface area contributed by atoms with Crippen LogP contribution in [0.25, 0.3) is 0 Å². The lowest BCUT2D eigenvalue weighted by Crippen LogP contribution is -1.83. The van der Waals surface area contributed by atoms with Crippen molar-refractivity contribution in [1.82, 2.24) is 0 Å². The van der Waals surface area contributed by atoms with E-state index in [1.807, 2.05) is 0 Å². The molecular formula is C7H6BrNO2. The number of hydrogen-bond acceptors (Lipinski definition) is 3. The zero-order valence-corrected chi connectivity index (χ0v) is 7.12. The summed E-state index contributed by atoms with van der Waals surface area (Å²) < 4.78 is 0.690. The van der Waals surface area contributed by atoms with E-state index in [4.69, 9.17) is 5.21 Å². The fraction of sp³-hybridized carbons (Fsp3) is 0. The molecule has 0 spiro atoms. The van der Waals surface area contributed by atoms with Crippen LogP contribution < -0.4 is 0 Å².